The maximum Gasteiger partial charge on any atom is 0.229 e. The Hall–Kier alpha value is -2.38. The number of nitrogens with one attached hydrogen (secondary N) is 1. The SMILES string of the molecule is CCN(CC)CCOc1ccc(Nc2ncc3c(n2)N(C)CN(C2CCCCC2)C3)cc1. The van der Waals surface area contributed by atoms with Crippen molar-refractivity contribution in [2.45, 2.75) is 58.5 Å². The highest BCUT2D eigenvalue weighted by Crippen LogP contribution is 2.31. The van der Waals surface area contributed by atoms with Gasteiger partial charge in [-0.15, -0.1) is 0 Å². The van der Waals surface area contributed by atoms with Crippen LogP contribution in [0.3, 0.4) is 0 Å². The van der Waals surface area contributed by atoms with E-state index >= 15 is 0 Å². The zero-order valence-corrected chi connectivity index (χ0v) is 19.9. The van der Waals surface area contributed by atoms with E-state index in [-0.39, 0.29) is 0 Å². The fourth-order valence-electron chi connectivity index (χ4n) is 4.80. The van der Waals surface area contributed by atoms with Gasteiger partial charge in [-0.1, -0.05) is 33.1 Å². The Morgan fingerprint density at radius 2 is 1.84 bits per heavy atom. The minimum Gasteiger partial charge on any atom is -0.492 e. The molecule has 1 saturated carbocycles. The van der Waals surface area contributed by atoms with Crippen molar-refractivity contribution in [1.82, 2.24) is 19.8 Å². The molecular weight excluding hydrogens is 400 g/mol. The average molecular weight is 439 g/mol. The highest BCUT2D eigenvalue weighted by Gasteiger charge is 2.28. The lowest BCUT2D eigenvalue weighted by Gasteiger charge is -2.41. The second-order valence-corrected chi connectivity index (χ2v) is 8.95. The van der Waals surface area contributed by atoms with Crippen LogP contribution in [0.15, 0.2) is 30.5 Å². The van der Waals surface area contributed by atoms with Gasteiger partial charge in [0, 0.05) is 43.6 Å². The molecule has 0 radical (unpaired) electrons. The highest BCUT2D eigenvalue weighted by atomic mass is 16.5. The molecule has 1 aliphatic heterocycles. The van der Waals surface area contributed by atoms with Crippen molar-refractivity contribution in [3.05, 3.63) is 36.0 Å². The van der Waals surface area contributed by atoms with E-state index in [1.807, 2.05) is 30.5 Å². The number of aromatic nitrogens is 2. The van der Waals surface area contributed by atoms with Gasteiger partial charge in [-0.05, 0) is 50.2 Å². The molecule has 0 amide bonds. The molecule has 7 nitrogen and oxygen atoms in total. The van der Waals surface area contributed by atoms with Gasteiger partial charge >= 0.3 is 0 Å². The van der Waals surface area contributed by atoms with Crippen LogP contribution >= 0.6 is 0 Å². The average Bonchev–Trinajstić information content (AvgIpc) is 2.84. The van der Waals surface area contributed by atoms with Gasteiger partial charge < -0.3 is 19.9 Å². The van der Waals surface area contributed by atoms with E-state index < -0.39 is 0 Å². The van der Waals surface area contributed by atoms with E-state index in [4.69, 9.17) is 9.72 Å². The molecule has 0 spiro atoms. The van der Waals surface area contributed by atoms with Gasteiger partial charge in [0.25, 0.3) is 0 Å². The van der Waals surface area contributed by atoms with Crippen molar-refractivity contribution in [1.29, 1.82) is 0 Å². The van der Waals surface area contributed by atoms with E-state index in [9.17, 15) is 0 Å². The summed E-state index contributed by atoms with van der Waals surface area (Å²) in [7, 11) is 2.13. The Labute approximate surface area is 192 Å². The van der Waals surface area contributed by atoms with Gasteiger partial charge in [0.1, 0.15) is 18.2 Å². The van der Waals surface area contributed by atoms with E-state index in [1.54, 1.807) is 0 Å². The Balaban J connectivity index is 1.34. The van der Waals surface area contributed by atoms with E-state index in [1.165, 1.54) is 37.7 Å². The third kappa shape index (κ3) is 5.70. The summed E-state index contributed by atoms with van der Waals surface area (Å²) < 4.78 is 5.88. The predicted molar refractivity (Wildman–Crippen MR) is 131 cm³/mol. The maximum absolute atomic E-state index is 5.88. The van der Waals surface area contributed by atoms with Crippen LogP contribution in [0.2, 0.25) is 0 Å². The first-order valence-corrected chi connectivity index (χ1v) is 12.2. The number of hydrogen-bond donors (Lipinski definition) is 1. The summed E-state index contributed by atoms with van der Waals surface area (Å²) in [5, 5.41) is 3.34. The monoisotopic (exact) mass is 438 g/mol. The second kappa shape index (κ2) is 11.0. The Bertz CT molecular complexity index is 848. The van der Waals surface area contributed by atoms with Crippen LogP contribution in [0.4, 0.5) is 17.5 Å². The molecule has 1 N–H and O–H groups in total. The van der Waals surface area contributed by atoms with Gasteiger partial charge in [0.2, 0.25) is 5.95 Å². The molecule has 2 aromatic rings. The van der Waals surface area contributed by atoms with E-state index in [0.717, 1.165) is 50.1 Å². The van der Waals surface area contributed by atoms with Crippen molar-refractivity contribution in [2.24, 2.45) is 0 Å². The molecule has 0 bridgehead atoms. The van der Waals surface area contributed by atoms with Crippen LogP contribution in [0.25, 0.3) is 0 Å². The lowest BCUT2D eigenvalue weighted by Crippen LogP contribution is -2.46. The first kappa shape index (κ1) is 22.8. The number of rotatable bonds is 9. The van der Waals surface area contributed by atoms with Crippen molar-refractivity contribution in [2.75, 3.05) is 50.2 Å². The molecule has 0 saturated heterocycles. The van der Waals surface area contributed by atoms with Gasteiger partial charge in [-0.2, -0.15) is 4.98 Å². The van der Waals surface area contributed by atoms with E-state index in [0.29, 0.717) is 18.6 Å². The maximum atomic E-state index is 5.88. The molecule has 174 valence electrons. The van der Waals surface area contributed by atoms with Crippen LogP contribution < -0.4 is 15.0 Å². The van der Waals surface area contributed by atoms with Crippen LogP contribution in [0, 0.1) is 0 Å². The molecule has 2 aliphatic rings. The summed E-state index contributed by atoms with van der Waals surface area (Å²) in [6, 6.07) is 8.73. The standard InChI is InChI=1S/C25H38N6O/c1-4-30(5-2)15-16-32-23-13-11-21(12-14-23)27-25-26-17-20-18-31(19-29(3)24(20)28-25)22-9-7-6-8-10-22/h11-14,17,22H,4-10,15-16,18-19H2,1-3H3,(H,26,27,28). The van der Waals surface area contributed by atoms with Crippen LogP contribution in [0.1, 0.15) is 51.5 Å². The van der Waals surface area contributed by atoms with Crippen LogP contribution in [0.5, 0.6) is 5.75 Å². The normalized spacial score (nSPS) is 17.4. The third-order valence-electron chi connectivity index (χ3n) is 6.74. The summed E-state index contributed by atoms with van der Waals surface area (Å²) in [5.41, 5.74) is 2.18. The van der Waals surface area contributed by atoms with E-state index in [2.05, 4.69) is 45.9 Å². The molecule has 4 rings (SSSR count). The van der Waals surface area contributed by atoms with Gasteiger partial charge in [-0.25, -0.2) is 4.98 Å². The fourth-order valence-corrected chi connectivity index (χ4v) is 4.80. The van der Waals surface area contributed by atoms with Crippen LogP contribution in [-0.4, -0.2) is 65.8 Å². The Morgan fingerprint density at radius 3 is 2.56 bits per heavy atom. The topological polar surface area (TPSA) is 56.8 Å². The fraction of sp³-hybridized carbons (Fsp3) is 0.600. The molecule has 1 aromatic heterocycles. The number of anilines is 3. The highest BCUT2D eigenvalue weighted by molar-refractivity contribution is 5.58. The molecular formula is C25H38N6O. The largest absolute Gasteiger partial charge is 0.492 e. The van der Waals surface area contributed by atoms with Crippen LogP contribution in [-0.2, 0) is 6.54 Å². The number of likely N-dealkylation sites (N-methyl/N-ethyl adjacent to an activating group) is 1. The third-order valence-corrected chi connectivity index (χ3v) is 6.74. The zero-order valence-electron chi connectivity index (χ0n) is 19.9. The molecule has 0 atom stereocenters. The summed E-state index contributed by atoms with van der Waals surface area (Å²) in [6.45, 7) is 10.00. The lowest BCUT2D eigenvalue weighted by atomic mass is 9.94. The quantitative estimate of drug-likeness (QED) is 0.619. The first-order valence-electron chi connectivity index (χ1n) is 12.2. The van der Waals surface area contributed by atoms with Crippen molar-refractivity contribution >= 4 is 17.5 Å². The van der Waals surface area contributed by atoms with Gasteiger partial charge in [0.15, 0.2) is 0 Å². The molecule has 1 fully saturated rings. The molecule has 32 heavy (non-hydrogen) atoms. The number of fused-ring (bicyclic) bond motifs is 1. The van der Waals surface area contributed by atoms with Crippen molar-refractivity contribution < 1.29 is 4.74 Å². The predicted octanol–water partition coefficient (Wildman–Crippen LogP) is 4.48. The van der Waals surface area contributed by atoms with Crippen molar-refractivity contribution in [3.63, 3.8) is 0 Å². The summed E-state index contributed by atoms with van der Waals surface area (Å²) in [5.74, 6) is 2.56. The number of nitrogens with zero attached hydrogens (tertiary/aromatic N) is 5. The molecule has 7 heteroatoms. The van der Waals surface area contributed by atoms with Gasteiger partial charge in [-0.3, -0.25) is 4.90 Å². The Morgan fingerprint density at radius 1 is 1.09 bits per heavy atom. The number of hydrogen-bond acceptors (Lipinski definition) is 7. The summed E-state index contributed by atoms with van der Waals surface area (Å²) >= 11 is 0. The minimum absolute atomic E-state index is 0.636. The first-order chi connectivity index (χ1) is 15.7. The molecule has 2 heterocycles. The minimum atomic E-state index is 0.636. The smallest absolute Gasteiger partial charge is 0.229 e. The summed E-state index contributed by atoms with van der Waals surface area (Å²) in [6.07, 6.45) is 8.73. The molecule has 1 aromatic carbocycles. The lowest BCUT2D eigenvalue weighted by molar-refractivity contribution is 0.142. The zero-order chi connectivity index (χ0) is 22.3. The number of ether oxygens (including phenoxy) is 1. The Kier molecular flexibility index (Phi) is 7.81. The van der Waals surface area contributed by atoms with Crippen molar-refractivity contribution in [3.8, 4) is 5.75 Å². The molecule has 1 aliphatic carbocycles. The second-order valence-electron chi connectivity index (χ2n) is 8.95. The number of benzene rings is 1. The molecule has 0 unspecified atom stereocenters. The van der Waals surface area contributed by atoms with Gasteiger partial charge in [0.05, 0.1) is 6.67 Å². The summed E-state index contributed by atoms with van der Waals surface area (Å²) in [4.78, 5) is 16.6.